The van der Waals surface area contributed by atoms with Gasteiger partial charge in [-0.2, -0.15) is 0 Å². The number of hydrogen-bond acceptors (Lipinski definition) is 2. The number of hydrogen-bond donors (Lipinski definition) is 2. The fraction of sp³-hybridized carbons (Fsp3) is 0.250. The van der Waals surface area contributed by atoms with E-state index in [9.17, 15) is 9.59 Å². The minimum Gasteiger partial charge on any atom is -0.481 e. The molecule has 0 radical (unpaired) electrons. The van der Waals surface area contributed by atoms with Crippen LogP contribution in [0.3, 0.4) is 0 Å². The van der Waals surface area contributed by atoms with E-state index in [1.54, 1.807) is 6.07 Å². The zero-order chi connectivity index (χ0) is 15.0. The summed E-state index contributed by atoms with van der Waals surface area (Å²) in [6, 6.07) is 11.3. The second-order valence-electron chi connectivity index (χ2n) is 5.47. The van der Waals surface area contributed by atoms with Gasteiger partial charge < -0.3 is 10.4 Å². The van der Waals surface area contributed by atoms with E-state index in [-0.39, 0.29) is 12.5 Å². The first kappa shape index (κ1) is 14.1. The molecule has 0 atom stereocenters. The van der Waals surface area contributed by atoms with Crippen molar-refractivity contribution in [1.29, 1.82) is 0 Å². The van der Waals surface area contributed by atoms with E-state index in [1.165, 1.54) is 0 Å². The Morgan fingerprint density at radius 2 is 1.81 bits per heavy atom. The molecule has 2 aromatic rings. The number of carboxylic acid groups (broad SMARTS) is 1. The summed E-state index contributed by atoms with van der Waals surface area (Å²) in [5, 5.41) is 13.9. The number of amides is 1. The summed E-state index contributed by atoms with van der Waals surface area (Å²) in [5.74, 6) is -1.06. The standard InChI is InChI=1S/C16H14BrNO3/c17-13-4-3-10-7-12(2-1-11(10)8-13)14(19)18-9-16(5-6-16)15(20)21/h1-4,7-8H,5-6,9H2,(H,18,19)(H,20,21). The van der Waals surface area contributed by atoms with Gasteiger partial charge in [0, 0.05) is 16.6 Å². The van der Waals surface area contributed by atoms with Crippen LogP contribution in [0.15, 0.2) is 40.9 Å². The summed E-state index contributed by atoms with van der Waals surface area (Å²) in [6.45, 7) is 0.194. The molecule has 108 valence electrons. The van der Waals surface area contributed by atoms with Crippen LogP contribution in [0.25, 0.3) is 10.8 Å². The van der Waals surface area contributed by atoms with Crippen molar-refractivity contribution in [3.63, 3.8) is 0 Å². The van der Waals surface area contributed by atoms with E-state index in [0.29, 0.717) is 18.4 Å². The van der Waals surface area contributed by atoms with E-state index < -0.39 is 11.4 Å². The summed E-state index contributed by atoms with van der Waals surface area (Å²) in [7, 11) is 0. The normalized spacial score (nSPS) is 15.7. The minimum atomic E-state index is -0.828. The molecule has 0 bridgehead atoms. The number of carboxylic acids is 1. The van der Waals surface area contributed by atoms with Gasteiger partial charge in [0.25, 0.3) is 5.91 Å². The number of aliphatic carboxylic acids is 1. The second-order valence-corrected chi connectivity index (χ2v) is 6.39. The van der Waals surface area contributed by atoms with Gasteiger partial charge >= 0.3 is 5.97 Å². The number of carbonyl (C=O) groups excluding carboxylic acids is 1. The molecule has 1 amide bonds. The van der Waals surface area contributed by atoms with Crippen LogP contribution in [-0.4, -0.2) is 23.5 Å². The van der Waals surface area contributed by atoms with Crippen LogP contribution < -0.4 is 5.32 Å². The number of benzene rings is 2. The molecule has 5 heteroatoms. The molecule has 2 aromatic carbocycles. The summed E-state index contributed by atoms with van der Waals surface area (Å²) in [6.07, 6.45) is 1.27. The fourth-order valence-corrected chi connectivity index (χ4v) is 2.71. The summed E-state index contributed by atoms with van der Waals surface area (Å²) in [5.41, 5.74) is -0.191. The molecule has 2 N–H and O–H groups in total. The number of nitrogens with one attached hydrogen (secondary N) is 1. The third kappa shape index (κ3) is 2.78. The van der Waals surface area contributed by atoms with Gasteiger partial charge in [0.05, 0.1) is 5.41 Å². The summed E-state index contributed by atoms with van der Waals surface area (Å²) < 4.78 is 0.990. The van der Waals surface area contributed by atoms with E-state index in [0.717, 1.165) is 15.2 Å². The van der Waals surface area contributed by atoms with Crippen molar-refractivity contribution in [1.82, 2.24) is 5.32 Å². The number of carbonyl (C=O) groups is 2. The molecule has 0 aliphatic heterocycles. The van der Waals surface area contributed by atoms with Gasteiger partial charge in [0.2, 0.25) is 0 Å². The van der Waals surface area contributed by atoms with Crippen LogP contribution in [0.4, 0.5) is 0 Å². The van der Waals surface area contributed by atoms with Gasteiger partial charge in [-0.05, 0) is 47.9 Å². The van der Waals surface area contributed by atoms with Gasteiger partial charge in [-0.25, -0.2) is 0 Å². The quantitative estimate of drug-likeness (QED) is 0.892. The third-order valence-electron chi connectivity index (χ3n) is 3.96. The SMILES string of the molecule is O=C(NCC1(C(=O)O)CC1)c1ccc2cc(Br)ccc2c1. The monoisotopic (exact) mass is 347 g/mol. The molecule has 0 aromatic heterocycles. The lowest BCUT2D eigenvalue weighted by molar-refractivity contribution is -0.143. The van der Waals surface area contributed by atoms with E-state index in [4.69, 9.17) is 5.11 Å². The van der Waals surface area contributed by atoms with E-state index in [1.807, 2.05) is 30.3 Å². The Kier molecular flexibility index (Phi) is 3.45. The minimum absolute atomic E-state index is 0.194. The summed E-state index contributed by atoms with van der Waals surface area (Å²) in [4.78, 5) is 23.2. The predicted octanol–water partition coefficient (Wildman–Crippen LogP) is 3.20. The molecule has 0 saturated heterocycles. The van der Waals surface area contributed by atoms with Crippen molar-refractivity contribution in [2.75, 3.05) is 6.54 Å². The Morgan fingerprint density at radius 3 is 2.48 bits per heavy atom. The molecule has 0 unspecified atom stereocenters. The number of fused-ring (bicyclic) bond motifs is 1. The maximum Gasteiger partial charge on any atom is 0.311 e. The highest BCUT2D eigenvalue weighted by molar-refractivity contribution is 9.10. The molecule has 1 fully saturated rings. The molecule has 1 aliphatic rings. The maximum atomic E-state index is 12.1. The zero-order valence-electron chi connectivity index (χ0n) is 11.2. The summed E-state index contributed by atoms with van der Waals surface area (Å²) >= 11 is 3.41. The van der Waals surface area contributed by atoms with Crippen molar-refractivity contribution in [2.45, 2.75) is 12.8 Å². The molecule has 1 saturated carbocycles. The van der Waals surface area contributed by atoms with Gasteiger partial charge in [-0.15, -0.1) is 0 Å². The Morgan fingerprint density at radius 1 is 1.14 bits per heavy atom. The Labute approximate surface area is 130 Å². The van der Waals surface area contributed by atoms with Crippen LogP contribution in [0, 0.1) is 5.41 Å². The first-order valence-corrected chi connectivity index (χ1v) is 7.50. The van der Waals surface area contributed by atoms with Gasteiger partial charge in [0.15, 0.2) is 0 Å². The van der Waals surface area contributed by atoms with Crippen molar-refractivity contribution in [3.05, 3.63) is 46.4 Å². The van der Waals surface area contributed by atoms with Crippen LogP contribution in [-0.2, 0) is 4.79 Å². The number of rotatable bonds is 4. The molecule has 0 heterocycles. The molecule has 0 spiro atoms. The van der Waals surface area contributed by atoms with Crippen LogP contribution in [0.2, 0.25) is 0 Å². The largest absolute Gasteiger partial charge is 0.481 e. The average Bonchev–Trinajstić information content (AvgIpc) is 3.25. The van der Waals surface area contributed by atoms with E-state index >= 15 is 0 Å². The molecule has 3 rings (SSSR count). The van der Waals surface area contributed by atoms with Crippen molar-refractivity contribution in [2.24, 2.45) is 5.41 Å². The van der Waals surface area contributed by atoms with Crippen LogP contribution in [0.5, 0.6) is 0 Å². The highest BCUT2D eigenvalue weighted by atomic mass is 79.9. The first-order valence-electron chi connectivity index (χ1n) is 6.71. The van der Waals surface area contributed by atoms with Gasteiger partial charge in [-0.1, -0.05) is 28.1 Å². The average molecular weight is 348 g/mol. The van der Waals surface area contributed by atoms with Gasteiger partial charge in [0.1, 0.15) is 0 Å². The lowest BCUT2D eigenvalue weighted by Crippen LogP contribution is -2.34. The Hall–Kier alpha value is -1.88. The smallest absolute Gasteiger partial charge is 0.311 e. The molecular weight excluding hydrogens is 334 g/mol. The van der Waals surface area contributed by atoms with Gasteiger partial charge in [-0.3, -0.25) is 9.59 Å². The zero-order valence-corrected chi connectivity index (χ0v) is 12.8. The first-order chi connectivity index (χ1) is 10.00. The number of halogens is 1. The maximum absolute atomic E-state index is 12.1. The molecular formula is C16H14BrNO3. The van der Waals surface area contributed by atoms with Crippen molar-refractivity contribution >= 4 is 38.6 Å². The third-order valence-corrected chi connectivity index (χ3v) is 4.45. The highest BCUT2D eigenvalue weighted by Crippen LogP contribution is 2.45. The molecule has 4 nitrogen and oxygen atoms in total. The second kappa shape index (κ2) is 5.15. The lowest BCUT2D eigenvalue weighted by atomic mass is 10.1. The fourth-order valence-electron chi connectivity index (χ4n) is 2.33. The molecule has 21 heavy (non-hydrogen) atoms. The Balaban J connectivity index is 1.76. The molecule has 1 aliphatic carbocycles. The highest BCUT2D eigenvalue weighted by Gasteiger charge is 2.50. The topological polar surface area (TPSA) is 66.4 Å². The Bertz CT molecular complexity index is 737. The lowest BCUT2D eigenvalue weighted by Gasteiger charge is -2.11. The van der Waals surface area contributed by atoms with Crippen LogP contribution >= 0.6 is 15.9 Å². The van der Waals surface area contributed by atoms with E-state index in [2.05, 4.69) is 21.2 Å². The predicted molar refractivity (Wildman–Crippen MR) is 83.3 cm³/mol. The van der Waals surface area contributed by atoms with Crippen molar-refractivity contribution in [3.8, 4) is 0 Å². The van der Waals surface area contributed by atoms with Crippen LogP contribution in [0.1, 0.15) is 23.2 Å². The van der Waals surface area contributed by atoms with Crippen molar-refractivity contribution < 1.29 is 14.7 Å².